The van der Waals surface area contributed by atoms with Crippen molar-refractivity contribution in [2.45, 2.75) is 52.7 Å². The Balaban J connectivity index is 1.64. The Labute approximate surface area is 200 Å². The topological polar surface area (TPSA) is 112 Å². The van der Waals surface area contributed by atoms with Gasteiger partial charge in [0.25, 0.3) is 0 Å². The highest BCUT2D eigenvalue weighted by atomic mass is 35.5. The number of pyridine rings is 1. The number of aryl methyl sites for hydroxylation is 1. The third kappa shape index (κ3) is 4.67. The largest absolute Gasteiger partial charge is 0.396 e. The van der Waals surface area contributed by atoms with E-state index >= 15 is 0 Å². The minimum atomic E-state index is -0.198. The highest BCUT2D eigenvalue weighted by Crippen LogP contribution is 2.39. The Hall–Kier alpha value is -2.00. The van der Waals surface area contributed by atoms with Gasteiger partial charge in [-0.05, 0) is 44.6 Å². The zero-order chi connectivity index (χ0) is 23.8. The minimum Gasteiger partial charge on any atom is -0.396 e. The number of piperidine rings is 1. The van der Waals surface area contributed by atoms with E-state index in [1.807, 2.05) is 13.0 Å². The summed E-state index contributed by atoms with van der Waals surface area (Å²) in [5, 5.41) is 20.1. The average Bonchev–Trinajstić information content (AvgIpc) is 3.29. The van der Waals surface area contributed by atoms with Gasteiger partial charge < -0.3 is 25.7 Å². The zero-order valence-corrected chi connectivity index (χ0v) is 20.5. The van der Waals surface area contributed by atoms with Gasteiger partial charge in [-0.25, -0.2) is 15.0 Å². The quantitative estimate of drug-likeness (QED) is 0.586. The monoisotopic (exact) mass is 474 g/mol. The van der Waals surface area contributed by atoms with E-state index in [2.05, 4.69) is 28.6 Å². The Morgan fingerprint density at radius 2 is 1.91 bits per heavy atom. The van der Waals surface area contributed by atoms with E-state index < -0.39 is 0 Å². The van der Waals surface area contributed by atoms with Crippen LogP contribution in [-0.4, -0.2) is 64.0 Å². The Morgan fingerprint density at radius 1 is 1.18 bits per heavy atom. The molecule has 0 radical (unpaired) electrons. The molecule has 33 heavy (non-hydrogen) atoms. The van der Waals surface area contributed by atoms with Gasteiger partial charge in [-0.3, -0.25) is 0 Å². The summed E-state index contributed by atoms with van der Waals surface area (Å²) < 4.78 is 0. The first-order valence-electron chi connectivity index (χ1n) is 11.8. The van der Waals surface area contributed by atoms with Crippen molar-refractivity contribution < 1.29 is 10.2 Å². The van der Waals surface area contributed by atoms with Gasteiger partial charge in [-0.2, -0.15) is 0 Å². The molecule has 0 saturated carbocycles. The highest BCUT2D eigenvalue weighted by molar-refractivity contribution is 6.35. The molecule has 0 aromatic carbocycles. The van der Waals surface area contributed by atoms with Crippen LogP contribution in [0.2, 0.25) is 5.02 Å². The molecule has 180 valence electrons. The van der Waals surface area contributed by atoms with E-state index in [1.54, 1.807) is 6.20 Å². The van der Waals surface area contributed by atoms with Crippen LogP contribution in [0.4, 0.5) is 11.6 Å². The molecule has 2 saturated heterocycles. The number of halogens is 1. The lowest BCUT2D eigenvalue weighted by atomic mass is 9.75. The maximum absolute atomic E-state index is 10.1. The molecular formula is C24H35ClN6O2. The summed E-state index contributed by atoms with van der Waals surface area (Å²) in [7, 11) is 0. The van der Waals surface area contributed by atoms with Crippen molar-refractivity contribution in [3.63, 3.8) is 0 Å². The summed E-state index contributed by atoms with van der Waals surface area (Å²) in [5.41, 5.74) is 9.06. The Bertz CT molecular complexity index is 993. The number of aliphatic hydroxyl groups is 2. The van der Waals surface area contributed by atoms with E-state index in [0.717, 1.165) is 62.5 Å². The Kier molecular flexibility index (Phi) is 7.09. The first-order chi connectivity index (χ1) is 15.8. The molecule has 4 rings (SSSR count). The molecule has 8 nitrogen and oxygen atoms in total. The lowest BCUT2D eigenvalue weighted by Gasteiger charge is -2.42. The maximum Gasteiger partial charge on any atom is 0.153 e. The molecule has 2 aliphatic rings. The molecule has 2 aromatic rings. The van der Waals surface area contributed by atoms with Crippen molar-refractivity contribution in [1.29, 1.82) is 0 Å². The standard InChI is InChI=1S/C24H35ClN6O2/c1-15-21(18-4-8-27-23(20(18)25)31-9-5-17(12-31)13-32)29-19(14-33)22(28-15)30-10-6-24(3,7-11-30)16(2)26/h4,8,16-17,32-33H,5-7,9-14,26H2,1-3H3. The molecule has 0 aliphatic carbocycles. The fourth-order valence-electron chi connectivity index (χ4n) is 4.85. The lowest BCUT2D eigenvalue weighted by Crippen LogP contribution is -2.47. The first kappa shape index (κ1) is 24.1. The van der Waals surface area contributed by atoms with Crippen molar-refractivity contribution in [1.82, 2.24) is 15.0 Å². The van der Waals surface area contributed by atoms with Crippen LogP contribution in [0.25, 0.3) is 11.3 Å². The van der Waals surface area contributed by atoms with Crippen LogP contribution < -0.4 is 15.5 Å². The molecule has 2 aromatic heterocycles. The van der Waals surface area contributed by atoms with Gasteiger partial charge in [0.2, 0.25) is 0 Å². The van der Waals surface area contributed by atoms with Crippen LogP contribution >= 0.6 is 11.6 Å². The van der Waals surface area contributed by atoms with Gasteiger partial charge in [-0.15, -0.1) is 0 Å². The molecule has 2 aliphatic heterocycles. The predicted octanol–water partition coefficient (Wildman–Crippen LogP) is 2.77. The van der Waals surface area contributed by atoms with Crippen LogP contribution in [0.1, 0.15) is 44.5 Å². The number of aromatic nitrogens is 3. The highest BCUT2D eigenvalue weighted by Gasteiger charge is 2.34. The lowest BCUT2D eigenvalue weighted by molar-refractivity contribution is 0.204. The molecule has 2 fully saturated rings. The summed E-state index contributed by atoms with van der Waals surface area (Å²) >= 11 is 6.81. The van der Waals surface area contributed by atoms with E-state index in [4.69, 9.17) is 27.3 Å². The molecule has 0 amide bonds. The fraction of sp³-hybridized carbons (Fsp3) is 0.625. The maximum atomic E-state index is 10.1. The van der Waals surface area contributed by atoms with Crippen molar-refractivity contribution in [2.75, 3.05) is 42.6 Å². The second-order valence-electron chi connectivity index (χ2n) is 9.80. The normalized spacial score (nSPS) is 21.5. The van der Waals surface area contributed by atoms with Crippen molar-refractivity contribution >= 4 is 23.2 Å². The number of hydrogen-bond donors (Lipinski definition) is 3. The van der Waals surface area contributed by atoms with Crippen molar-refractivity contribution in [3.05, 3.63) is 28.7 Å². The number of rotatable bonds is 6. The average molecular weight is 475 g/mol. The van der Waals surface area contributed by atoms with Gasteiger partial charge in [-0.1, -0.05) is 18.5 Å². The van der Waals surface area contributed by atoms with Gasteiger partial charge >= 0.3 is 0 Å². The first-order valence-corrected chi connectivity index (χ1v) is 12.1. The summed E-state index contributed by atoms with van der Waals surface area (Å²) in [5.74, 6) is 1.68. The van der Waals surface area contributed by atoms with Gasteiger partial charge in [0.15, 0.2) is 5.82 Å². The molecule has 4 heterocycles. The summed E-state index contributed by atoms with van der Waals surface area (Å²) in [6, 6.07) is 1.98. The smallest absolute Gasteiger partial charge is 0.153 e. The van der Waals surface area contributed by atoms with Gasteiger partial charge in [0.05, 0.1) is 23.0 Å². The van der Waals surface area contributed by atoms with Crippen molar-refractivity contribution in [2.24, 2.45) is 17.1 Å². The zero-order valence-electron chi connectivity index (χ0n) is 19.8. The number of nitrogens with zero attached hydrogens (tertiary/aromatic N) is 5. The number of hydrogen-bond acceptors (Lipinski definition) is 8. The minimum absolute atomic E-state index is 0.115. The van der Waals surface area contributed by atoms with Crippen LogP contribution in [0.15, 0.2) is 12.3 Å². The van der Waals surface area contributed by atoms with Crippen LogP contribution in [-0.2, 0) is 6.61 Å². The van der Waals surface area contributed by atoms with Crippen LogP contribution in [0, 0.1) is 18.3 Å². The van der Waals surface area contributed by atoms with E-state index in [-0.39, 0.29) is 30.6 Å². The SMILES string of the molecule is Cc1nc(N2CCC(C)(C(C)N)CC2)c(CO)nc1-c1ccnc(N2CCC(CO)C2)c1Cl. The molecule has 2 unspecified atom stereocenters. The molecule has 0 bridgehead atoms. The fourth-order valence-corrected chi connectivity index (χ4v) is 5.17. The molecule has 4 N–H and O–H groups in total. The van der Waals surface area contributed by atoms with Crippen molar-refractivity contribution in [3.8, 4) is 11.3 Å². The summed E-state index contributed by atoms with van der Waals surface area (Å²) in [4.78, 5) is 18.5. The Morgan fingerprint density at radius 3 is 2.52 bits per heavy atom. The molecule has 9 heteroatoms. The molecular weight excluding hydrogens is 440 g/mol. The van der Waals surface area contributed by atoms with E-state index in [1.165, 1.54) is 0 Å². The molecule has 0 spiro atoms. The van der Waals surface area contributed by atoms with E-state index in [0.29, 0.717) is 22.2 Å². The molecule has 2 atom stereocenters. The third-order valence-electron chi connectivity index (χ3n) is 7.54. The third-order valence-corrected chi connectivity index (χ3v) is 7.92. The summed E-state index contributed by atoms with van der Waals surface area (Å²) in [6.07, 6.45) is 4.60. The second-order valence-corrected chi connectivity index (χ2v) is 10.2. The number of anilines is 2. The van der Waals surface area contributed by atoms with Gasteiger partial charge in [0, 0.05) is 56.5 Å². The number of nitrogens with two attached hydrogens (primary N) is 1. The van der Waals surface area contributed by atoms with Crippen LogP contribution in [0.5, 0.6) is 0 Å². The second kappa shape index (κ2) is 9.70. The van der Waals surface area contributed by atoms with Crippen LogP contribution in [0.3, 0.4) is 0 Å². The summed E-state index contributed by atoms with van der Waals surface area (Å²) in [6.45, 7) is 9.42. The van der Waals surface area contributed by atoms with Gasteiger partial charge in [0.1, 0.15) is 11.5 Å². The van der Waals surface area contributed by atoms with E-state index in [9.17, 15) is 10.2 Å². The number of aliphatic hydroxyl groups excluding tert-OH is 2. The predicted molar refractivity (Wildman–Crippen MR) is 132 cm³/mol.